The summed E-state index contributed by atoms with van der Waals surface area (Å²) < 4.78 is 6.54. The van der Waals surface area contributed by atoms with E-state index in [0.29, 0.717) is 29.1 Å². The summed E-state index contributed by atoms with van der Waals surface area (Å²) >= 11 is 0. The Hall–Kier alpha value is -4.18. The fourth-order valence-corrected chi connectivity index (χ4v) is 7.42. The summed E-state index contributed by atoms with van der Waals surface area (Å²) in [6.07, 6.45) is 3.67. The maximum absolute atomic E-state index is 10.6. The fourth-order valence-electron chi connectivity index (χ4n) is 7.42. The summed E-state index contributed by atoms with van der Waals surface area (Å²) in [5, 5.41) is 23.2. The van der Waals surface area contributed by atoms with E-state index in [1.54, 1.807) is 7.05 Å². The highest BCUT2D eigenvalue weighted by Gasteiger charge is 2.56. The average molecular weight is 597 g/mol. The van der Waals surface area contributed by atoms with Gasteiger partial charge in [-0.1, -0.05) is 90.6 Å². The third kappa shape index (κ3) is 5.04. The van der Waals surface area contributed by atoms with Gasteiger partial charge in [0.15, 0.2) is 11.6 Å². The zero-order chi connectivity index (χ0) is 32.8. The van der Waals surface area contributed by atoms with Gasteiger partial charge < -0.3 is 26.5 Å². The highest BCUT2D eigenvalue weighted by molar-refractivity contribution is 6.05. The van der Waals surface area contributed by atoms with Gasteiger partial charge in [-0.15, -0.1) is 0 Å². The van der Waals surface area contributed by atoms with Crippen molar-refractivity contribution in [2.24, 2.45) is 21.6 Å². The average Bonchev–Trinajstić information content (AvgIpc) is 3.34. The van der Waals surface area contributed by atoms with Gasteiger partial charge in [0.05, 0.1) is 5.57 Å². The zero-order valence-corrected chi connectivity index (χ0v) is 28.0. The number of oxime groups is 1. The van der Waals surface area contributed by atoms with Crippen molar-refractivity contribution in [2.75, 3.05) is 7.05 Å². The summed E-state index contributed by atoms with van der Waals surface area (Å²) in [6, 6.07) is 8.64. The number of aromatic hydroxyl groups is 1. The number of rotatable bonds is 2. The smallest absolute Gasteiger partial charge is 0.179 e. The van der Waals surface area contributed by atoms with Crippen molar-refractivity contribution in [1.29, 1.82) is 0 Å². The first-order valence-corrected chi connectivity index (χ1v) is 15.6. The van der Waals surface area contributed by atoms with Crippen LogP contribution in [0.4, 0.5) is 0 Å². The maximum Gasteiger partial charge on any atom is 0.179 e. The van der Waals surface area contributed by atoms with Gasteiger partial charge in [-0.25, -0.2) is 0 Å². The van der Waals surface area contributed by atoms with Crippen LogP contribution in [0.3, 0.4) is 0 Å². The van der Waals surface area contributed by atoms with Crippen LogP contribution >= 0.6 is 0 Å². The topological polar surface area (TPSA) is 126 Å². The second-order valence-corrected chi connectivity index (χ2v) is 13.3. The summed E-state index contributed by atoms with van der Waals surface area (Å²) in [4.78, 5) is 4.13. The molecule has 234 valence electrons. The Balaban J connectivity index is 0.000000834. The molecule has 2 aromatic carbocycles. The minimum atomic E-state index is -0.180. The standard InChI is InChI=1S/C32H34N4O3.C3H8.C2H6/c1-16-9-23-21(12-25(16)37)30(2,3)14-32(23)15-31(4,5)22-13-26-17(11-24(22)32)10-20-18(29(34)36-38)7-8-19(27(20)39-26)28(33)35-6;1-3-2;1-2/h9,11-13,37-38H,10,14-15H2,1-6H3,(H2,33,35)(H2,34,36);3H2,1-2H3;1-2H3. The van der Waals surface area contributed by atoms with Crippen molar-refractivity contribution in [3.63, 3.8) is 0 Å². The van der Waals surface area contributed by atoms with E-state index < -0.39 is 0 Å². The number of aryl methyl sites for hydroxylation is 1. The molecule has 0 amide bonds. The number of amidine groups is 2. The summed E-state index contributed by atoms with van der Waals surface area (Å²) in [6.45, 7) is 19.4. The number of fused-ring (bicyclic) bond motifs is 5. The molecule has 0 radical (unpaired) electrons. The van der Waals surface area contributed by atoms with Crippen LogP contribution in [0, 0.1) is 6.92 Å². The van der Waals surface area contributed by atoms with E-state index in [4.69, 9.17) is 16.2 Å². The molecule has 6 rings (SSSR count). The van der Waals surface area contributed by atoms with Crippen molar-refractivity contribution < 1.29 is 15.1 Å². The molecule has 0 saturated carbocycles. The molecule has 1 spiro atoms. The number of phenolic OH excluding ortho intramolecular Hbond substituents is 1. The number of hydrogen-bond acceptors (Lipinski definition) is 5. The van der Waals surface area contributed by atoms with Gasteiger partial charge in [0, 0.05) is 24.5 Å². The molecule has 4 aliphatic rings. The second kappa shape index (κ2) is 11.7. The van der Waals surface area contributed by atoms with Crippen LogP contribution in [0.15, 0.2) is 68.4 Å². The third-order valence-electron chi connectivity index (χ3n) is 9.07. The van der Waals surface area contributed by atoms with Gasteiger partial charge in [-0.2, -0.15) is 0 Å². The lowest BCUT2D eigenvalue weighted by Gasteiger charge is -2.31. The Morgan fingerprint density at radius 1 is 0.886 bits per heavy atom. The lowest BCUT2D eigenvalue weighted by atomic mass is 9.72. The van der Waals surface area contributed by atoms with Gasteiger partial charge in [-0.05, 0) is 76.1 Å². The van der Waals surface area contributed by atoms with Crippen molar-refractivity contribution in [3.05, 3.63) is 91.6 Å². The van der Waals surface area contributed by atoms with Crippen molar-refractivity contribution in [3.8, 4) is 11.5 Å². The molecule has 0 saturated heterocycles. The molecule has 1 aliphatic heterocycles. The van der Waals surface area contributed by atoms with E-state index in [2.05, 4.69) is 81.4 Å². The first kappa shape index (κ1) is 32.7. The van der Waals surface area contributed by atoms with Crippen LogP contribution in [0.5, 0.6) is 11.5 Å². The van der Waals surface area contributed by atoms with E-state index in [1.165, 1.54) is 28.7 Å². The van der Waals surface area contributed by atoms with Gasteiger partial charge >= 0.3 is 0 Å². The van der Waals surface area contributed by atoms with Crippen LogP contribution in [0.2, 0.25) is 0 Å². The van der Waals surface area contributed by atoms with Crippen LogP contribution in [-0.4, -0.2) is 29.0 Å². The number of aliphatic imine (C=N–C) groups is 1. The molecule has 1 atom stereocenters. The summed E-state index contributed by atoms with van der Waals surface area (Å²) in [5.41, 5.74) is 26.5. The maximum atomic E-state index is 10.6. The third-order valence-corrected chi connectivity index (χ3v) is 9.07. The summed E-state index contributed by atoms with van der Waals surface area (Å²) in [7, 11) is 1.61. The van der Waals surface area contributed by atoms with E-state index in [1.807, 2.05) is 26.8 Å². The monoisotopic (exact) mass is 596 g/mol. The zero-order valence-electron chi connectivity index (χ0n) is 28.0. The van der Waals surface area contributed by atoms with Crippen LogP contribution < -0.4 is 16.2 Å². The Morgan fingerprint density at radius 3 is 2.00 bits per heavy atom. The number of nitrogens with zero attached hydrogens (tertiary/aromatic N) is 2. The van der Waals surface area contributed by atoms with E-state index in [0.717, 1.165) is 35.3 Å². The molecular weight excluding hydrogens is 548 g/mol. The van der Waals surface area contributed by atoms with Gasteiger partial charge in [-0.3, -0.25) is 4.99 Å². The number of nitrogens with two attached hydrogens (primary N) is 2. The lowest BCUT2D eigenvalue weighted by Crippen LogP contribution is -2.28. The van der Waals surface area contributed by atoms with Gasteiger partial charge in [0.1, 0.15) is 22.9 Å². The van der Waals surface area contributed by atoms with Crippen LogP contribution in [-0.2, 0) is 22.7 Å². The SMILES string of the molecule is CC.CCC.CN=C(N)C1=C=C=C(/C(N)=N/O)C2=C1Oc1cc3c(cc1C2)C1(CC(C)(C)c2cc(O)c(C)cc21)CC3(C)C. The van der Waals surface area contributed by atoms with Gasteiger partial charge in [0.25, 0.3) is 0 Å². The van der Waals surface area contributed by atoms with E-state index in [-0.39, 0.29) is 27.9 Å². The normalized spacial score (nSPS) is 21.9. The molecule has 3 aliphatic carbocycles. The predicted octanol–water partition coefficient (Wildman–Crippen LogP) is 7.33. The molecule has 1 unspecified atom stereocenters. The Morgan fingerprint density at radius 2 is 1.43 bits per heavy atom. The highest BCUT2D eigenvalue weighted by Crippen LogP contribution is 2.64. The van der Waals surface area contributed by atoms with Crippen LogP contribution in [0.1, 0.15) is 108 Å². The lowest BCUT2D eigenvalue weighted by molar-refractivity contribution is 0.318. The number of hydrogen-bond donors (Lipinski definition) is 4. The van der Waals surface area contributed by atoms with Crippen LogP contribution in [0.25, 0.3) is 0 Å². The van der Waals surface area contributed by atoms with Crippen molar-refractivity contribution >= 4 is 11.7 Å². The first-order chi connectivity index (χ1) is 20.7. The van der Waals surface area contributed by atoms with E-state index >= 15 is 0 Å². The van der Waals surface area contributed by atoms with Gasteiger partial charge in [0.2, 0.25) is 0 Å². The van der Waals surface area contributed by atoms with Crippen molar-refractivity contribution in [1.82, 2.24) is 0 Å². The molecule has 7 heteroatoms. The fraction of sp³-hybridized carbons (Fsp3) is 0.459. The first-order valence-electron chi connectivity index (χ1n) is 15.6. The molecule has 0 fully saturated rings. The minimum absolute atomic E-state index is 0.0615. The molecule has 1 heterocycles. The summed E-state index contributed by atoms with van der Waals surface area (Å²) in [5.74, 6) is 1.84. The molecule has 7 nitrogen and oxygen atoms in total. The number of ether oxygens (including phenoxy) is 1. The minimum Gasteiger partial charge on any atom is -0.508 e. The Labute approximate surface area is 262 Å². The Kier molecular flexibility index (Phi) is 8.72. The van der Waals surface area contributed by atoms with Crippen molar-refractivity contribution in [2.45, 2.75) is 104 Å². The quantitative estimate of drug-likeness (QED) is 0.0949. The molecule has 2 aromatic rings. The number of benzene rings is 2. The Bertz CT molecular complexity index is 1710. The molecule has 0 bridgehead atoms. The molecular formula is C37H48N4O3. The predicted molar refractivity (Wildman–Crippen MR) is 179 cm³/mol. The second-order valence-electron chi connectivity index (χ2n) is 13.3. The van der Waals surface area contributed by atoms with E-state index in [9.17, 15) is 10.3 Å². The molecule has 6 N–H and O–H groups in total. The largest absolute Gasteiger partial charge is 0.508 e. The molecule has 0 aromatic heterocycles. The highest BCUT2D eigenvalue weighted by atomic mass is 16.5. The number of phenols is 1. The molecule has 44 heavy (non-hydrogen) atoms.